The van der Waals surface area contributed by atoms with Crippen molar-refractivity contribution in [2.45, 2.75) is 37.6 Å². The summed E-state index contributed by atoms with van der Waals surface area (Å²) in [6, 6.07) is 7.01. The summed E-state index contributed by atoms with van der Waals surface area (Å²) in [4.78, 5) is 2.98. The van der Waals surface area contributed by atoms with Crippen molar-refractivity contribution >= 4 is 34.3 Å². The van der Waals surface area contributed by atoms with Gasteiger partial charge in [-0.2, -0.15) is 0 Å². The van der Waals surface area contributed by atoms with E-state index < -0.39 is 0 Å². The van der Waals surface area contributed by atoms with E-state index in [1.54, 1.807) is 21.8 Å². The zero-order valence-corrected chi connectivity index (χ0v) is 13.4. The predicted octanol–water partition coefficient (Wildman–Crippen LogP) is 4.71. The molecule has 0 saturated carbocycles. The summed E-state index contributed by atoms with van der Waals surface area (Å²) < 4.78 is 0.893. The number of fused-ring (bicyclic) bond motifs is 1. The first kappa shape index (κ1) is 13.6. The van der Waals surface area contributed by atoms with Gasteiger partial charge in [0, 0.05) is 21.7 Å². The second-order valence-electron chi connectivity index (χ2n) is 5.10. The van der Waals surface area contributed by atoms with Gasteiger partial charge in [0.1, 0.15) is 0 Å². The van der Waals surface area contributed by atoms with Crippen molar-refractivity contribution in [3.05, 3.63) is 43.2 Å². The molecule has 0 spiro atoms. The van der Waals surface area contributed by atoms with Gasteiger partial charge in [0.2, 0.25) is 0 Å². The monoisotopic (exact) mass is 311 g/mol. The van der Waals surface area contributed by atoms with Gasteiger partial charge >= 0.3 is 0 Å². The molecule has 2 atom stereocenters. The van der Waals surface area contributed by atoms with Crippen LogP contribution < -0.4 is 5.32 Å². The minimum atomic E-state index is 0.517. The zero-order valence-electron chi connectivity index (χ0n) is 11.0. The Kier molecular flexibility index (Phi) is 4.27. The van der Waals surface area contributed by atoms with Crippen molar-refractivity contribution in [2.75, 3.05) is 7.05 Å². The van der Waals surface area contributed by atoms with Crippen molar-refractivity contribution in [3.8, 4) is 0 Å². The van der Waals surface area contributed by atoms with Crippen LogP contribution in [0.1, 0.15) is 34.1 Å². The fraction of sp³-hybridized carbons (Fsp3) is 0.467. The number of thiophene rings is 2. The molecule has 0 bridgehead atoms. The average molecular weight is 312 g/mol. The largest absolute Gasteiger partial charge is 0.316 e. The molecule has 0 aliphatic heterocycles. The molecule has 1 N–H and O–H groups in total. The lowest BCUT2D eigenvalue weighted by Gasteiger charge is -2.30. The predicted molar refractivity (Wildman–Crippen MR) is 85.9 cm³/mol. The highest BCUT2D eigenvalue weighted by molar-refractivity contribution is 7.16. The van der Waals surface area contributed by atoms with Crippen LogP contribution in [0.4, 0.5) is 0 Å². The number of hydrogen-bond donors (Lipinski definition) is 1. The van der Waals surface area contributed by atoms with Crippen LogP contribution in [0.2, 0.25) is 4.34 Å². The first-order chi connectivity index (χ1) is 9.28. The maximum Gasteiger partial charge on any atom is 0.0931 e. The molecule has 2 heterocycles. The fourth-order valence-electron chi connectivity index (χ4n) is 3.06. The van der Waals surface area contributed by atoms with Crippen molar-refractivity contribution in [2.24, 2.45) is 0 Å². The van der Waals surface area contributed by atoms with Gasteiger partial charge in [-0.15, -0.1) is 22.7 Å². The first-order valence-corrected chi connectivity index (χ1v) is 8.83. The molecule has 0 aromatic carbocycles. The number of nitrogens with one attached hydrogen (secondary N) is 1. The number of likely N-dealkylation sites (N-methyl/N-ethyl adjacent to an activating group) is 1. The molecule has 3 rings (SSSR count). The Balaban J connectivity index is 1.80. The lowest BCUT2D eigenvalue weighted by molar-refractivity contribution is 0.415. The highest BCUT2D eigenvalue weighted by Crippen LogP contribution is 2.38. The van der Waals surface area contributed by atoms with E-state index in [1.165, 1.54) is 24.1 Å². The van der Waals surface area contributed by atoms with E-state index in [9.17, 15) is 0 Å². The van der Waals surface area contributed by atoms with Gasteiger partial charge in [0.15, 0.2) is 0 Å². The summed E-state index contributed by atoms with van der Waals surface area (Å²) in [5, 5.41) is 5.78. The standard InChI is InChI=1S/C15H18ClNS2/c1-17-13(9-10-5-6-15(16)19-10)11-3-2-4-14-12(11)7-8-18-14/h5-8,11,13,17H,2-4,9H2,1H3. The molecule has 102 valence electrons. The second-order valence-corrected chi connectivity index (χ2v) is 7.90. The molecule has 1 aliphatic rings. The van der Waals surface area contributed by atoms with Crippen LogP contribution in [0.3, 0.4) is 0 Å². The molecule has 0 amide bonds. The molecule has 1 aliphatic carbocycles. The highest BCUT2D eigenvalue weighted by Gasteiger charge is 2.28. The summed E-state index contributed by atoms with van der Waals surface area (Å²) in [5.74, 6) is 0.654. The van der Waals surface area contributed by atoms with E-state index in [0.29, 0.717) is 12.0 Å². The Morgan fingerprint density at radius 3 is 3.05 bits per heavy atom. The van der Waals surface area contributed by atoms with Crippen LogP contribution in [0.25, 0.3) is 0 Å². The van der Waals surface area contributed by atoms with Crippen LogP contribution in [0.5, 0.6) is 0 Å². The Morgan fingerprint density at radius 1 is 1.42 bits per heavy atom. The minimum Gasteiger partial charge on any atom is -0.316 e. The zero-order chi connectivity index (χ0) is 13.2. The molecule has 2 aromatic rings. The highest BCUT2D eigenvalue weighted by atomic mass is 35.5. The van der Waals surface area contributed by atoms with Gasteiger partial charge in [-0.25, -0.2) is 0 Å². The Hall–Kier alpha value is -0.350. The van der Waals surface area contributed by atoms with Crippen molar-refractivity contribution in [3.63, 3.8) is 0 Å². The van der Waals surface area contributed by atoms with Crippen molar-refractivity contribution in [1.82, 2.24) is 5.32 Å². The van der Waals surface area contributed by atoms with E-state index in [2.05, 4.69) is 29.9 Å². The molecule has 0 fully saturated rings. The maximum atomic E-state index is 6.04. The van der Waals surface area contributed by atoms with Crippen LogP contribution >= 0.6 is 34.3 Å². The SMILES string of the molecule is CNC(Cc1ccc(Cl)s1)C1CCCc2sccc21. The smallest absolute Gasteiger partial charge is 0.0931 e. The van der Waals surface area contributed by atoms with Crippen LogP contribution in [0.15, 0.2) is 23.6 Å². The molecule has 1 nitrogen and oxygen atoms in total. The van der Waals surface area contributed by atoms with E-state index in [0.717, 1.165) is 10.8 Å². The normalized spacial score (nSPS) is 20.2. The average Bonchev–Trinajstić information content (AvgIpc) is 3.04. The number of hydrogen-bond acceptors (Lipinski definition) is 3. The van der Waals surface area contributed by atoms with Gasteiger partial charge < -0.3 is 5.32 Å². The Labute approximate surface area is 127 Å². The maximum absolute atomic E-state index is 6.04. The van der Waals surface area contributed by atoms with E-state index in [1.807, 2.05) is 17.4 Å². The van der Waals surface area contributed by atoms with Gasteiger partial charge in [0.05, 0.1) is 4.34 Å². The lowest BCUT2D eigenvalue weighted by Crippen LogP contribution is -2.35. The summed E-state index contributed by atoms with van der Waals surface area (Å²) in [7, 11) is 2.08. The van der Waals surface area contributed by atoms with Gasteiger partial charge in [-0.1, -0.05) is 11.6 Å². The van der Waals surface area contributed by atoms with Crippen LogP contribution in [0, 0.1) is 0 Å². The van der Waals surface area contributed by atoms with Gasteiger partial charge in [-0.05, 0) is 61.9 Å². The number of aryl methyl sites for hydroxylation is 1. The molecule has 2 aromatic heterocycles. The third kappa shape index (κ3) is 2.89. The van der Waals surface area contributed by atoms with Crippen LogP contribution in [-0.2, 0) is 12.8 Å². The summed E-state index contributed by atoms with van der Waals surface area (Å²) in [6.07, 6.45) is 4.97. The van der Waals surface area contributed by atoms with Crippen molar-refractivity contribution in [1.29, 1.82) is 0 Å². The van der Waals surface area contributed by atoms with Gasteiger partial charge in [-0.3, -0.25) is 0 Å². The number of halogens is 1. The topological polar surface area (TPSA) is 12.0 Å². The molecule has 0 radical (unpaired) electrons. The number of rotatable bonds is 4. The fourth-order valence-corrected chi connectivity index (χ4v) is 5.21. The third-order valence-corrected chi connectivity index (χ3v) is 6.25. The minimum absolute atomic E-state index is 0.517. The van der Waals surface area contributed by atoms with Crippen LogP contribution in [-0.4, -0.2) is 13.1 Å². The van der Waals surface area contributed by atoms with Crippen molar-refractivity contribution < 1.29 is 0 Å². The molecule has 0 saturated heterocycles. The Morgan fingerprint density at radius 2 is 2.32 bits per heavy atom. The van der Waals surface area contributed by atoms with E-state index >= 15 is 0 Å². The quantitative estimate of drug-likeness (QED) is 0.862. The first-order valence-electron chi connectivity index (χ1n) is 6.75. The second kappa shape index (κ2) is 5.96. The van der Waals surface area contributed by atoms with Gasteiger partial charge in [0.25, 0.3) is 0 Å². The summed E-state index contributed by atoms with van der Waals surface area (Å²) in [6.45, 7) is 0. The molecule has 2 unspecified atom stereocenters. The Bertz CT molecular complexity index is 546. The molecule has 19 heavy (non-hydrogen) atoms. The molecular weight excluding hydrogens is 294 g/mol. The summed E-state index contributed by atoms with van der Waals surface area (Å²) in [5.41, 5.74) is 1.58. The van der Waals surface area contributed by atoms with E-state index in [4.69, 9.17) is 11.6 Å². The third-order valence-electron chi connectivity index (χ3n) is 4.00. The van der Waals surface area contributed by atoms with E-state index in [-0.39, 0.29) is 0 Å². The molecular formula is C15H18ClNS2. The molecule has 4 heteroatoms. The lowest BCUT2D eigenvalue weighted by atomic mass is 9.81. The summed E-state index contributed by atoms with van der Waals surface area (Å²) >= 11 is 9.66.